The summed E-state index contributed by atoms with van der Waals surface area (Å²) in [6, 6.07) is 13.1. The van der Waals surface area contributed by atoms with Gasteiger partial charge < -0.3 is 20.3 Å². The largest absolute Gasteiger partial charge is 0.444 e. The first kappa shape index (κ1) is 30.9. The molecular weight excluding hydrogens is 478 g/mol. The number of alkyl carbamates (subject to hydrolysis) is 1. The number of carbonyl (C=O) groups is 3. The lowest BCUT2D eigenvalue weighted by molar-refractivity contribution is -0.143. The van der Waals surface area contributed by atoms with E-state index < -0.39 is 23.8 Å². The van der Waals surface area contributed by atoms with Crippen molar-refractivity contribution in [2.24, 2.45) is 5.92 Å². The molecule has 38 heavy (non-hydrogen) atoms. The Morgan fingerprint density at radius 1 is 0.921 bits per heavy atom. The van der Waals surface area contributed by atoms with Gasteiger partial charge >= 0.3 is 6.09 Å². The van der Waals surface area contributed by atoms with Crippen LogP contribution in [0.2, 0.25) is 0 Å². The predicted octanol–water partition coefficient (Wildman–Crippen LogP) is 6.55. The van der Waals surface area contributed by atoms with Crippen molar-refractivity contribution < 1.29 is 19.1 Å². The van der Waals surface area contributed by atoms with Gasteiger partial charge in [0.2, 0.25) is 5.91 Å². The minimum absolute atomic E-state index is 0.122. The SMILES string of the molecule is CCC(C)N(C(=O)C(CC(C)C)NC(=O)OC(C)(C)C)C(C(=O)Nc1c(C)cccc1C)c1ccccc1. The minimum Gasteiger partial charge on any atom is -0.444 e. The van der Waals surface area contributed by atoms with Gasteiger partial charge in [-0.3, -0.25) is 9.59 Å². The van der Waals surface area contributed by atoms with Crippen LogP contribution >= 0.6 is 0 Å². The average molecular weight is 524 g/mol. The van der Waals surface area contributed by atoms with Gasteiger partial charge in [-0.25, -0.2) is 4.79 Å². The number of carbonyl (C=O) groups excluding carboxylic acids is 3. The molecule has 7 nitrogen and oxygen atoms in total. The molecule has 0 aliphatic carbocycles. The van der Waals surface area contributed by atoms with Gasteiger partial charge in [-0.2, -0.15) is 0 Å². The first-order valence-electron chi connectivity index (χ1n) is 13.5. The highest BCUT2D eigenvalue weighted by Crippen LogP contribution is 2.29. The fraction of sp³-hybridized carbons (Fsp3) is 0.516. The van der Waals surface area contributed by atoms with Crippen LogP contribution in [0.5, 0.6) is 0 Å². The van der Waals surface area contributed by atoms with Crippen molar-refractivity contribution in [1.82, 2.24) is 10.2 Å². The number of rotatable bonds is 10. The number of aryl methyl sites for hydroxylation is 2. The minimum atomic E-state index is -0.896. The van der Waals surface area contributed by atoms with Gasteiger partial charge in [-0.1, -0.05) is 69.3 Å². The van der Waals surface area contributed by atoms with Crippen molar-refractivity contribution in [1.29, 1.82) is 0 Å². The van der Waals surface area contributed by atoms with Gasteiger partial charge in [-0.15, -0.1) is 0 Å². The van der Waals surface area contributed by atoms with E-state index in [-0.39, 0.29) is 23.8 Å². The number of hydrogen-bond acceptors (Lipinski definition) is 4. The Hall–Kier alpha value is -3.35. The van der Waals surface area contributed by atoms with Gasteiger partial charge in [0.1, 0.15) is 17.7 Å². The number of para-hydroxylation sites is 1. The van der Waals surface area contributed by atoms with E-state index in [1.807, 2.05) is 90.1 Å². The number of anilines is 1. The van der Waals surface area contributed by atoms with Crippen LogP contribution in [0.4, 0.5) is 10.5 Å². The van der Waals surface area contributed by atoms with Gasteiger partial charge in [-0.05, 0) is 77.0 Å². The molecule has 0 aliphatic heterocycles. The summed E-state index contributed by atoms with van der Waals surface area (Å²) in [4.78, 5) is 42.6. The maximum atomic E-state index is 14.3. The van der Waals surface area contributed by atoms with E-state index in [1.54, 1.807) is 25.7 Å². The maximum absolute atomic E-state index is 14.3. The molecule has 0 saturated carbocycles. The van der Waals surface area contributed by atoms with Crippen LogP contribution in [0.3, 0.4) is 0 Å². The fourth-order valence-electron chi connectivity index (χ4n) is 4.40. The van der Waals surface area contributed by atoms with Crippen molar-refractivity contribution >= 4 is 23.6 Å². The third kappa shape index (κ3) is 8.61. The summed E-state index contributed by atoms with van der Waals surface area (Å²) in [5.41, 5.74) is 2.61. The Morgan fingerprint density at radius 3 is 2.00 bits per heavy atom. The lowest BCUT2D eigenvalue weighted by Crippen LogP contribution is -2.55. The van der Waals surface area contributed by atoms with Gasteiger partial charge in [0.25, 0.3) is 5.91 Å². The summed E-state index contributed by atoms with van der Waals surface area (Å²) in [6.45, 7) is 17.1. The topological polar surface area (TPSA) is 87.7 Å². The Labute approximate surface area is 228 Å². The maximum Gasteiger partial charge on any atom is 0.408 e. The lowest BCUT2D eigenvalue weighted by Gasteiger charge is -2.38. The number of hydrogen-bond donors (Lipinski definition) is 2. The molecule has 0 radical (unpaired) electrons. The molecule has 3 atom stereocenters. The number of nitrogens with zero attached hydrogens (tertiary/aromatic N) is 1. The molecule has 208 valence electrons. The highest BCUT2D eigenvalue weighted by molar-refractivity contribution is 6.00. The van der Waals surface area contributed by atoms with Crippen molar-refractivity contribution in [2.75, 3.05) is 5.32 Å². The van der Waals surface area contributed by atoms with E-state index in [9.17, 15) is 14.4 Å². The second-order valence-electron chi connectivity index (χ2n) is 11.4. The summed E-state index contributed by atoms with van der Waals surface area (Å²) >= 11 is 0. The Morgan fingerprint density at radius 2 is 1.50 bits per heavy atom. The van der Waals surface area contributed by atoms with Crippen LogP contribution in [0, 0.1) is 19.8 Å². The second-order valence-corrected chi connectivity index (χ2v) is 11.4. The molecule has 0 fully saturated rings. The average Bonchev–Trinajstić information content (AvgIpc) is 2.82. The van der Waals surface area contributed by atoms with Crippen molar-refractivity contribution in [3.63, 3.8) is 0 Å². The first-order chi connectivity index (χ1) is 17.7. The second kappa shape index (κ2) is 13.4. The summed E-state index contributed by atoms with van der Waals surface area (Å²) in [5.74, 6) is -0.497. The van der Waals surface area contributed by atoms with Gasteiger partial charge in [0.05, 0.1) is 0 Å². The number of benzene rings is 2. The van der Waals surface area contributed by atoms with E-state index in [0.29, 0.717) is 18.4 Å². The van der Waals surface area contributed by atoms with E-state index in [4.69, 9.17) is 4.74 Å². The molecule has 0 saturated heterocycles. The van der Waals surface area contributed by atoms with Crippen LogP contribution in [-0.4, -0.2) is 40.5 Å². The van der Waals surface area contributed by atoms with E-state index in [0.717, 1.165) is 16.8 Å². The van der Waals surface area contributed by atoms with Crippen molar-refractivity contribution in [2.45, 2.75) is 98.9 Å². The first-order valence-corrected chi connectivity index (χ1v) is 13.5. The number of amides is 3. The highest BCUT2D eigenvalue weighted by Gasteiger charge is 2.38. The molecule has 0 spiro atoms. The summed E-state index contributed by atoms with van der Waals surface area (Å²) < 4.78 is 5.46. The number of ether oxygens (including phenoxy) is 1. The molecule has 7 heteroatoms. The van der Waals surface area contributed by atoms with Crippen LogP contribution in [-0.2, 0) is 14.3 Å². The molecule has 0 aliphatic rings. The monoisotopic (exact) mass is 523 g/mol. The molecule has 3 amide bonds. The Bertz CT molecular complexity index is 1070. The third-order valence-corrected chi connectivity index (χ3v) is 6.39. The molecule has 3 unspecified atom stereocenters. The molecule has 2 aromatic rings. The quantitative estimate of drug-likeness (QED) is 0.370. The van der Waals surface area contributed by atoms with Crippen molar-refractivity contribution in [3.8, 4) is 0 Å². The summed E-state index contributed by atoms with van der Waals surface area (Å²) in [6.07, 6.45) is 0.384. The Balaban J connectivity index is 2.56. The smallest absolute Gasteiger partial charge is 0.408 e. The van der Waals surface area contributed by atoms with E-state index >= 15 is 0 Å². The van der Waals surface area contributed by atoms with E-state index in [1.165, 1.54) is 0 Å². The molecule has 2 N–H and O–H groups in total. The zero-order chi connectivity index (χ0) is 28.6. The molecule has 2 aromatic carbocycles. The zero-order valence-corrected chi connectivity index (χ0v) is 24.4. The van der Waals surface area contributed by atoms with Gasteiger partial charge in [0, 0.05) is 11.7 Å². The summed E-state index contributed by atoms with van der Waals surface area (Å²) in [5, 5.41) is 5.89. The van der Waals surface area contributed by atoms with Crippen LogP contribution in [0.25, 0.3) is 0 Å². The standard InChI is InChI=1S/C31H45N3O4/c1-10-23(6)34(29(36)25(19-20(2)3)32-30(37)38-31(7,8)9)27(24-17-12-11-13-18-24)28(35)33-26-21(4)15-14-16-22(26)5/h11-18,20,23,25,27H,10,19H2,1-9H3,(H,32,37)(H,33,35). The predicted molar refractivity (Wildman–Crippen MR) is 153 cm³/mol. The normalized spacial score (nSPS) is 13.8. The number of nitrogens with one attached hydrogen (secondary N) is 2. The van der Waals surface area contributed by atoms with Crippen LogP contribution in [0.1, 0.15) is 84.0 Å². The van der Waals surface area contributed by atoms with Crippen LogP contribution < -0.4 is 10.6 Å². The molecule has 0 bridgehead atoms. The molecule has 0 heterocycles. The summed E-state index contributed by atoms with van der Waals surface area (Å²) in [7, 11) is 0. The van der Waals surface area contributed by atoms with E-state index in [2.05, 4.69) is 10.6 Å². The zero-order valence-electron chi connectivity index (χ0n) is 24.4. The fourth-order valence-corrected chi connectivity index (χ4v) is 4.40. The molecule has 2 rings (SSSR count). The van der Waals surface area contributed by atoms with Gasteiger partial charge in [0.15, 0.2) is 0 Å². The lowest BCUT2D eigenvalue weighted by atomic mass is 9.97. The highest BCUT2D eigenvalue weighted by atomic mass is 16.6. The van der Waals surface area contributed by atoms with Crippen molar-refractivity contribution in [3.05, 3.63) is 65.2 Å². The Kier molecular flexibility index (Phi) is 10.9. The molecular formula is C31H45N3O4. The van der Waals surface area contributed by atoms with Crippen LogP contribution in [0.15, 0.2) is 48.5 Å². The third-order valence-electron chi connectivity index (χ3n) is 6.39. The molecule has 0 aromatic heterocycles.